The fourth-order valence-electron chi connectivity index (χ4n) is 3.18. The van der Waals surface area contributed by atoms with E-state index in [1.807, 2.05) is 12.1 Å². The highest BCUT2D eigenvalue weighted by atomic mass is 35.5. The monoisotopic (exact) mass is 460 g/mol. The third-order valence-electron chi connectivity index (χ3n) is 4.68. The van der Waals surface area contributed by atoms with Gasteiger partial charge in [-0.2, -0.15) is 0 Å². The van der Waals surface area contributed by atoms with Gasteiger partial charge in [0.1, 0.15) is 18.0 Å². The Hall–Kier alpha value is -3.06. The molecule has 1 N–H and O–H groups in total. The molecule has 170 valence electrons. The number of carbonyl (C=O) groups excluding carboxylic acids is 2. The van der Waals surface area contributed by atoms with Gasteiger partial charge in [0.25, 0.3) is 5.91 Å². The van der Waals surface area contributed by atoms with Gasteiger partial charge in [0.05, 0.1) is 6.33 Å². The van der Waals surface area contributed by atoms with E-state index in [2.05, 4.69) is 5.32 Å². The first-order chi connectivity index (χ1) is 15.1. The summed E-state index contributed by atoms with van der Waals surface area (Å²) in [6.07, 6.45) is -0.226. The number of hydrogen-bond acceptors (Lipinski definition) is 4. The van der Waals surface area contributed by atoms with E-state index < -0.39 is 11.7 Å². The van der Waals surface area contributed by atoms with Crippen LogP contribution in [-0.4, -0.2) is 35.7 Å². The smallest absolute Gasteiger partial charge is 0.407 e. The standard InChI is InChI=1S/C24H26ClFN2O4/c1-24(2,3)32-23(30)27-12-17(11-26)15-31-20-8-9-21-18(10-20)14-28(22(21)29)13-16-4-6-19(25)7-5-16/h4-11H,12-15H2,1-3H3,(H,27,30). The van der Waals surface area contributed by atoms with Crippen LogP contribution in [0.5, 0.6) is 5.75 Å². The van der Waals surface area contributed by atoms with Crippen molar-refractivity contribution >= 4 is 23.6 Å². The number of carbonyl (C=O) groups is 2. The lowest BCUT2D eigenvalue weighted by Gasteiger charge is -2.20. The number of hydrogen-bond donors (Lipinski definition) is 1. The molecule has 1 aliphatic rings. The summed E-state index contributed by atoms with van der Waals surface area (Å²) >= 11 is 5.92. The normalized spacial score (nSPS) is 13.7. The number of rotatable bonds is 7. The van der Waals surface area contributed by atoms with Crippen molar-refractivity contribution in [3.05, 3.63) is 76.1 Å². The number of amides is 2. The van der Waals surface area contributed by atoms with E-state index >= 15 is 0 Å². The van der Waals surface area contributed by atoms with Gasteiger partial charge in [0.2, 0.25) is 0 Å². The summed E-state index contributed by atoms with van der Waals surface area (Å²) in [5, 5.41) is 3.15. The second-order valence-electron chi connectivity index (χ2n) is 8.52. The van der Waals surface area contributed by atoms with Crippen LogP contribution in [0.1, 0.15) is 42.3 Å². The predicted octanol–water partition coefficient (Wildman–Crippen LogP) is 5.25. The van der Waals surface area contributed by atoms with Crippen LogP contribution in [0.25, 0.3) is 0 Å². The van der Waals surface area contributed by atoms with Crippen LogP contribution < -0.4 is 10.1 Å². The Balaban J connectivity index is 1.55. The Kier molecular flexibility index (Phi) is 7.40. The van der Waals surface area contributed by atoms with E-state index in [1.165, 1.54) is 0 Å². The van der Waals surface area contributed by atoms with Gasteiger partial charge in [0.15, 0.2) is 0 Å². The van der Waals surface area contributed by atoms with E-state index in [4.69, 9.17) is 21.1 Å². The molecule has 0 aromatic heterocycles. The molecule has 0 spiro atoms. The summed E-state index contributed by atoms with van der Waals surface area (Å²) in [4.78, 5) is 26.2. The number of fused-ring (bicyclic) bond motifs is 1. The molecule has 0 radical (unpaired) electrons. The average molecular weight is 461 g/mol. The molecular formula is C24H26ClFN2O4. The highest BCUT2D eigenvalue weighted by Crippen LogP contribution is 2.28. The third kappa shape index (κ3) is 6.47. The van der Waals surface area contributed by atoms with Crippen molar-refractivity contribution in [2.24, 2.45) is 0 Å². The molecule has 0 saturated carbocycles. The van der Waals surface area contributed by atoms with E-state index in [0.717, 1.165) is 11.1 Å². The van der Waals surface area contributed by atoms with Crippen LogP contribution in [0.2, 0.25) is 5.02 Å². The Bertz CT molecular complexity index is 1020. The molecule has 0 atom stereocenters. The molecule has 0 unspecified atom stereocenters. The van der Waals surface area contributed by atoms with Crippen molar-refractivity contribution in [1.82, 2.24) is 10.2 Å². The Morgan fingerprint density at radius 1 is 1.22 bits per heavy atom. The molecule has 2 aromatic carbocycles. The summed E-state index contributed by atoms with van der Waals surface area (Å²) in [6.45, 7) is 6.09. The highest BCUT2D eigenvalue weighted by molar-refractivity contribution is 6.30. The van der Waals surface area contributed by atoms with Crippen LogP contribution in [-0.2, 0) is 17.8 Å². The molecular weight excluding hydrogens is 435 g/mol. The molecule has 2 amide bonds. The van der Waals surface area contributed by atoms with Crippen LogP contribution in [0.3, 0.4) is 0 Å². The molecule has 8 heteroatoms. The van der Waals surface area contributed by atoms with Gasteiger partial charge in [-0.3, -0.25) is 4.79 Å². The molecule has 3 rings (SSSR count). The van der Waals surface area contributed by atoms with Gasteiger partial charge in [-0.05, 0) is 62.2 Å². The fourth-order valence-corrected chi connectivity index (χ4v) is 3.31. The summed E-state index contributed by atoms with van der Waals surface area (Å²) < 4.78 is 24.0. The number of benzene rings is 2. The van der Waals surface area contributed by atoms with Crippen LogP contribution in [0.15, 0.2) is 54.4 Å². The molecule has 0 aliphatic carbocycles. The first-order valence-electron chi connectivity index (χ1n) is 10.2. The first kappa shape index (κ1) is 23.6. The molecule has 0 bridgehead atoms. The zero-order valence-corrected chi connectivity index (χ0v) is 19.0. The average Bonchev–Trinajstić information content (AvgIpc) is 3.03. The molecule has 1 aliphatic heterocycles. The first-order valence-corrected chi connectivity index (χ1v) is 10.6. The van der Waals surface area contributed by atoms with E-state index in [9.17, 15) is 14.0 Å². The summed E-state index contributed by atoms with van der Waals surface area (Å²) in [7, 11) is 0. The highest BCUT2D eigenvalue weighted by Gasteiger charge is 2.27. The quantitative estimate of drug-likeness (QED) is 0.612. The zero-order valence-electron chi connectivity index (χ0n) is 18.3. The SMILES string of the molecule is CC(C)(C)OC(=O)NCC(=CF)COc1ccc2c(c1)CN(Cc1ccc(Cl)cc1)C2=O. The van der Waals surface area contributed by atoms with Gasteiger partial charge >= 0.3 is 6.09 Å². The molecule has 6 nitrogen and oxygen atoms in total. The second kappa shape index (κ2) is 10.0. The Morgan fingerprint density at radius 3 is 2.59 bits per heavy atom. The molecule has 0 fully saturated rings. The van der Waals surface area contributed by atoms with E-state index in [1.54, 1.807) is 56.0 Å². The van der Waals surface area contributed by atoms with Crippen LogP contribution >= 0.6 is 11.6 Å². The van der Waals surface area contributed by atoms with Gasteiger partial charge in [0, 0.05) is 35.8 Å². The number of nitrogens with one attached hydrogen (secondary N) is 1. The maximum atomic E-state index is 13.2. The van der Waals surface area contributed by atoms with Gasteiger partial charge in [-0.1, -0.05) is 23.7 Å². The van der Waals surface area contributed by atoms with E-state index in [0.29, 0.717) is 35.8 Å². The fraction of sp³-hybridized carbons (Fsp3) is 0.333. The minimum absolute atomic E-state index is 0.0380. The predicted molar refractivity (Wildman–Crippen MR) is 120 cm³/mol. The van der Waals surface area contributed by atoms with Crippen LogP contribution in [0.4, 0.5) is 9.18 Å². The lowest BCUT2D eigenvalue weighted by atomic mass is 10.1. The second-order valence-corrected chi connectivity index (χ2v) is 8.95. The Morgan fingerprint density at radius 2 is 1.94 bits per heavy atom. The van der Waals surface area contributed by atoms with Crippen LogP contribution in [0, 0.1) is 0 Å². The molecule has 32 heavy (non-hydrogen) atoms. The van der Waals surface area contributed by atoms with Gasteiger partial charge < -0.3 is 19.7 Å². The van der Waals surface area contributed by atoms with Crippen molar-refractivity contribution in [2.75, 3.05) is 13.2 Å². The third-order valence-corrected chi connectivity index (χ3v) is 4.93. The van der Waals surface area contributed by atoms with Gasteiger partial charge in [-0.15, -0.1) is 0 Å². The maximum Gasteiger partial charge on any atom is 0.407 e. The minimum atomic E-state index is -0.635. The number of ether oxygens (including phenoxy) is 2. The van der Waals surface area contributed by atoms with Crippen molar-refractivity contribution in [3.63, 3.8) is 0 Å². The maximum absolute atomic E-state index is 13.2. The topological polar surface area (TPSA) is 67.9 Å². The summed E-state index contributed by atoms with van der Waals surface area (Å²) in [5.74, 6) is 0.467. The molecule has 2 aromatic rings. The largest absolute Gasteiger partial charge is 0.489 e. The lowest BCUT2D eigenvalue weighted by molar-refractivity contribution is 0.0531. The molecule has 1 heterocycles. The van der Waals surface area contributed by atoms with Gasteiger partial charge in [-0.25, -0.2) is 9.18 Å². The number of nitrogens with zero attached hydrogens (tertiary/aromatic N) is 1. The summed E-state index contributed by atoms with van der Waals surface area (Å²) in [5.41, 5.74) is 2.07. The van der Waals surface area contributed by atoms with Crippen molar-refractivity contribution in [1.29, 1.82) is 0 Å². The van der Waals surface area contributed by atoms with Crippen molar-refractivity contribution in [3.8, 4) is 5.75 Å². The Labute approximate surface area is 192 Å². The number of halogens is 2. The number of alkyl carbamates (subject to hydrolysis) is 1. The molecule has 0 saturated heterocycles. The lowest BCUT2D eigenvalue weighted by Crippen LogP contribution is -2.34. The van der Waals surface area contributed by atoms with Crippen molar-refractivity contribution < 1.29 is 23.5 Å². The van der Waals surface area contributed by atoms with Crippen molar-refractivity contribution in [2.45, 2.75) is 39.5 Å². The summed E-state index contributed by atoms with van der Waals surface area (Å²) in [6, 6.07) is 12.6. The zero-order chi connectivity index (χ0) is 23.3. The van der Waals surface area contributed by atoms with E-state index in [-0.39, 0.29) is 24.6 Å². The minimum Gasteiger partial charge on any atom is -0.489 e.